The molecule has 108 valence electrons. The number of aliphatic hydroxyl groups excluding tert-OH is 1. The standard InChI is InChI=1S/C14H26N4O/c1-9(7-8-19)16-12-10(2)11(15-6)17-13(18-12)14(3,4)5/h9,19H,7-8H2,1-6H3,(H2,15,16,17,18). The Hall–Kier alpha value is -1.36. The SMILES string of the molecule is CNc1nc(C(C)(C)C)nc(NC(C)CCO)c1C. The van der Waals surface area contributed by atoms with E-state index in [2.05, 4.69) is 41.4 Å². The van der Waals surface area contributed by atoms with Gasteiger partial charge in [-0.2, -0.15) is 0 Å². The number of rotatable bonds is 5. The molecule has 5 heteroatoms. The summed E-state index contributed by atoms with van der Waals surface area (Å²) in [5, 5.41) is 15.4. The van der Waals surface area contributed by atoms with Crippen molar-refractivity contribution in [3.63, 3.8) is 0 Å². The van der Waals surface area contributed by atoms with Crippen LogP contribution in [0.5, 0.6) is 0 Å². The maximum Gasteiger partial charge on any atom is 0.138 e. The van der Waals surface area contributed by atoms with Gasteiger partial charge in [0, 0.05) is 30.7 Å². The fraction of sp³-hybridized carbons (Fsp3) is 0.714. The molecule has 0 aliphatic carbocycles. The van der Waals surface area contributed by atoms with Crippen molar-refractivity contribution in [3.05, 3.63) is 11.4 Å². The number of hydrogen-bond acceptors (Lipinski definition) is 5. The van der Waals surface area contributed by atoms with Crippen LogP contribution in [0.3, 0.4) is 0 Å². The van der Waals surface area contributed by atoms with Crippen LogP contribution in [0.2, 0.25) is 0 Å². The smallest absolute Gasteiger partial charge is 0.138 e. The molecule has 0 spiro atoms. The van der Waals surface area contributed by atoms with Crippen molar-refractivity contribution in [1.29, 1.82) is 0 Å². The highest BCUT2D eigenvalue weighted by molar-refractivity contribution is 5.57. The van der Waals surface area contributed by atoms with Crippen LogP contribution in [-0.4, -0.2) is 34.8 Å². The predicted molar refractivity (Wildman–Crippen MR) is 79.8 cm³/mol. The van der Waals surface area contributed by atoms with Gasteiger partial charge in [0.2, 0.25) is 0 Å². The van der Waals surface area contributed by atoms with Gasteiger partial charge in [-0.1, -0.05) is 20.8 Å². The molecular formula is C14H26N4O. The lowest BCUT2D eigenvalue weighted by molar-refractivity contribution is 0.282. The maximum absolute atomic E-state index is 8.98. The van der Waals surface area contributed by atoms with E-state index < -0.39 is 0 Å². The number of nitrogens with one attached hydrogen (secondary N) is 2. The van der Waals surface area contributed by atoms with Crippen molar-refractivity contribution in [2.24, 2.45) is 0 Å². The Morgan fingerprint density at radius 1 is 1.21 bits per heavy atom. The second-order valence-corrected chi connectivity index (χ2v) is 5.93. The fourth-order valence-electron chi connectivity index (χ4n) is 1.74. The molecule has 0 aliphatic heterocycles. The third-order valence-electron chi connectivity index (χ3n) is 3.00. The van der Waals surface area contributed by atoms with E-state index in [1.807, 2.05) is 20.9 Å². The van der Waals surface area contributed by atoms with E-state index in [1.165, 1.54) is 0 Å². The molecule has 1 unspecified atom stereocenters. The van der Waals surface area contributed by atoms with Crippen LogP contribution in [0, 0.1) is 6.92 Å². The quantitative estimate of drug-likeness (QED) is 0.763. The van der Waals surface area contributed by atoms with Crippen molar-refractivity contribution < 1.29 is 5.11 Å². The maximum atomic E-state index is 8.98. The van der Waals surface area contributed by atoms with Gasteiger partial charge in [-0.05, 0) is 20.3 Å². The zero-order chi connectivity index (χ0) is 14.6. The van der Waals surface area contributed by atoms with Crippen molar-refractivity contribution >= 4 is 11.6 Å². The van der Waals surface area contributed by atoms with Crippen LogP contribution < -0.4 is 10.6 Å². The first-order chi connectivity index (χ1) is 8.79. The molecule has 3 N–H and O–H groups in total. The van der Waals surface area contributed by atoms with E-state index in [4.69, 9.17) is 5.11 Å². The molecular weight excluding hydrogens is 240 g/mol. The van der Waals surface area contributed by atoms with E-state index in [0.29, 0.717) is 6.42 Å². The Kier molecular flexibility index (Phi) is 5.11. The molecule has 5 nitrogen and oxygen atoms in total. The summed E-state index contributed by atoms with van der Waals surface area (Å²) in [5.74, 6) is 2.49. The monoisotopic (exact) mass is 266 g/mol. The van der Waals surface area contributed by atoms with Crippen LogP contribution in [0.25, 0.3) is 0 Å². The Morgan fingerprint density at radius 2 is 1.79 bits per heavy atom. The minimum Gasteiger partial charge on any atom is -0.396 e. The molecule has 0 saturated heterocycles. The predicted octanol–water partition coefficient (Wildman–Crippen LogP) is 2.31. The second-order valence-electron chi connectivity index (χ2n) is 5.93. The van der Waals surface area contributed by atoms with Gasteiger partial charge in [0.25, 0.3) is 0 Å². The first kappa shape index (κ1) is 15.7. The van der Waals surface area contributed by atoms with Gasteiger partial charge in [0.05, 0.1) is 0 Å². The molecule has 1 rings (SSSR count). The van der Waals surface area contributed by atoms with E-state index >= 15 is 0 Å². The van der Waals surface area contributed by atoms with Gasteiger partial charge in [0.1, 0.15) is 17.5 Å². The summed E-state index contributed by atoms with van der Waals surface area (Å²) >= 11 is 0. The zero-order valence-corrected chi connectivity index (χ0v) is 12.8. The summed E-state index contributed by atoms with van der Waals surface area (Å²) in [6.45, 7) is 10.5. The summed E-state index contributed by atoms with van der Waals surface area (Å²) in [5.41, 5.74) is 0.899. The molecule has 1 aromatic heterocycles. The number of nitrogens with zero attached hydrogens (tertiary/aromatic N) is 2. The zero-order valence-electron chi connectivity index (χ0n) is 12.8. The van der Waals surface area contributed by atoms with Gasteiger partial charge in [-0.3, -0.25) is 0 Å². The normalized spacial score (nSPS) is 13.2. The average Bonchev–Trinajstić information content (AvgIpc) is 2.30. The van der Waals surface area contributed by atoms with Gasteiger partial charge < -0.3 is 15.7 Å². The van der Waals surface area contributed by atoms with Gasteiger partial charge in [-0.15, -0.1) is 0 Å². The van der Waals surface area contributed by atoms with Gasteiger partial charge in [0.15, 0.2) is 0 Å². The fourth-order valence-corrected chi connectivity index (χ4v) is 1.74. The average molecular weight is 266 g/mol. The summed E-state index contributed by atoms with van der Waals surface area (Å²) in [6, 6.07) is 0.177. The third-order valence-corrected chi connectivity index (χ3v) is 3.00. The lowest BCUT2D eigenvalue weighted by Gasteiger charge is -2.22. The lowest BCUT2D eigenvalue weighted by atomic mass is 9.95. The van der Waals surface area contributed by atoms with Crippen molar-refractivity contribution in [2.45, 2.75) is 52.5 Å². The summed E-state index contributed by atoms with van der Waals surface area (Å²) in [6.07, 6.45) is 0.698. The third kappa shape index (κ3) is 4.06. The molecule has 1 heterocycles. The Balaban J connectivity index is 3.15. The lowest BCUT2D eigenvalue weighted by Crippen LogP contribution is -2.23. The number of aromatic nitrogens is 2. The van der Waals surface area contributed by atoms with Gasteiger partial charge >= 0.3 is 0 Å². The summed E-state index contributed by atoms with van der Waals surface area (Å²) in [7, 11) is 1.86. The molecule has 19 heavy (non-hydrogen) atoms. The second kappa shape index (κ2) is 6.19. The topological polar surface area (TPSA) is 70.1 Å². The van der Waals surface area contributed by atoms with Crippen molar-refractivity contribution in [1.82, 2.24) is 9.97 Å². The Morgan fingerprint density at radius 3 is 2.26 bits per heavy atom. The molecule has 0 saturated carbocycles. The molecule has 0 amide bonds. The van der Waals surface area contributed by atoms with Gasteiger partial charge in [-0.25, -0.2) is 9.97 Å². The number of hydrogen-bond donors (Lipinski definition) is 3. The highest BCUT2D eigenvalue weighted by Crippen LogP contribution is 2.26. The van der Waals surface area contributed by atoms with E-state index in [9.17, 15) is 0 Å². The molecule has 0 radical (unpaired) electrons. The molecule has 0 bridgehead atoms. The Bertz CT molecular complexity index is 426. The highest BCUT2D eigenvalue weighted by Gasteiger charge is 2.21. The van der Waals surface area contributed by atoms with E-state index in [-0.39, 0.29) is 18.1 Å². The minimum atomic E-state index is -0.101. The van der Waals surface area contributed by atoms with Crippen molar-refractivity contribution in [3.8, 4) is 0 Å². The van der Waals surface area contributed by atoms with Crippen LogP contribution in [-0.2, 0) is 5.41 Å². The van der Waals surface area contributed by atoms with E-state index in [1.54, 1.807) is 0 Å². The van der Waals surface area contributed by atoms with Crippen LogP contribution in [0.4, 0.5) is 11.6 Å². The van der Waals surface area contributed by atoms with Crippen molar-refractivity contribution in [2.75, 3.05) is 24.3 Å². The van der Waals surface area contributed by atoms with Crippen LogP contribution >= 0.6 is 0 Å². The molecule has 0 aromatic carbocycles. The van der Waals surface area contributed by atoms with Crippen LogP contribution in [0.15, 0.2) is 0 Å². The summed E-state index contributed by atoms with van der Waals surface area (Å²) in [4.78, 5) is 9.19. The largest absolute Gasteiger partial charge is 0.396 e. The number of anilines is 2. The molecule has 1 atom stereocenters. The molecule has 1 aromatic rings. The first-order valence-corrected chi connectivity index (χ1v) is 6.73. The number of aliphatic hydroxyl groups is 1. The first-order valence-electron chi connectivity index (χ1n) is 6.73. The summed E-state index contributed by atoms with van der Waals surface area (Å²) < 4.78 is 0. The minimum absolute atomic E-state index is 0.101. The van der Waals surface area contributed by atoms with E-state index in [0.717, 1.165) is 23.0 Å². The Labute approximate surface area is 115 Å². The highest BCUT2D eigenvalue weighted by atomic mass is 16.3. The molecule has 0 fully saturated rings. The molecule has 0 aliphatic rings. The van der Waals surface area contributed by atoms with Crippen LogP contribution in [0.1, 0.15) is 45.5 Å².